The Balaban J connectivity index is 2.16. The highest BCUT2D eigenvalue weighted by atomic mass is 16.5. The van der Waals surface area contributed by atoms with Crippen LogP contribution in [0.3, 0.4) is 0 Å². The Morgan fingerprint density at radius 3 is 2.67 bits per heavy atom. The fourth-order valence-corrected chi connectivity index (χ4v) is 3.03. The standard InChI is InChI=1S/C17H29N3O/c1-5-13-9-8-10-14(11-13)21-17-12(4)16(18-7-3)19-15(6-2)20-17/h13-14H,5-11H2,1-4H3,(H,18,19,20). The highest BCUT2D eigenvalue weighted by molar-refractivity contribution is 5.48. The molecule has 0 radical (unpaired) electrons. The van der Waals surface area contributed by atoms with Crippen LogP contribution in [0.25, 0.3) is 0 Å². The van der Waals surface area contributed by atoms with Gasteiger partial charge in [-0.05, 0) is 39.0 Å². The Labute approximate surface area is 128 Å². The lowest BCUT2D eigenvalue weighted by molar-refractivity contribution is 0.116. The number of anilines is 1. The van der Waals surface area contributed by atoms with Crippen LogP contribution >= 0.6 is 0 Å². The summed E-state index contributed by atoms with van der Waals surface area (Å²) in [5.74, 6) is 3.36. The predicted molar refractivity (Wildman–Crippen MR) is 87.0 cm³/mol. The van der Waals surface area contributed by atoms with Gasteiger partial charge in [0.1, 0.15) is 17.7 Å². The third-order valence-corrected chi connectivity index (χ3v) is 4.40. The zero-order chi connectivity index (χ0) is 15.2. The minimum atomic E-state index is 0.316. The third-order valence-electron chi connectivity index (χ3n) is 4.40. The van der Waals surface area contributed by atoms with E-state index >= 15 is 0 Å². The Morgan fingerprint density at radius 2 is 2.00 bits per heavy atom. The van der Waals surface area contributed by atoms with Crippen LogP contribution in [0, 0.1) is 12.8 Å². The van der Waals surface area contributed by atoms with Crippen molar-refractivity contribution < 1.29 is 4.74 Å². The van der Waals surface area contributed by atoms with Gasteiger partial charge in [0.25, 0.3) is 0 Å². The molecule has 1 saturated carbocycles. The molecule has 0 aliphatic heterocycles. The van der Waals surface area contributed by atoms with Gasteiger partial charge in [0.05, 0.1) is 5.56 Å². The molecule has 118 valence electrons. The predicted octanol–water partition coefficient (Wildman–Crippen LogP) is 4.13. The second-order valence-electron chi connectivity index (χ2n) is 5.98. The molecule has 1 N–H and O–H groups in total. The maximum absolute atomic E-state index is 6.26. The van der Waals surface area contributed by atoms with E-state index in [-0.39, 0.29) is 0 Å². The van der Waals surface area contributed by atoms with E-state index in [4.69, 9.17) is 4.74 Å². The van der Waals surface area contributed by atoms with E-state index in [2.05, 4.69) is 36.1 Å². The van der Waals surface area contributed by atoms with Gasteiger partial charge in [0.15, 0.2) is 0 Å². The molecule has 1 aliphatic rings. The van der Waals surface area contributed by atoms with Crippen molar-refractivity contribution in [3.63, 3.8) is 0 Å². The molecule has 1 aromatic rings. The molecule has 0 bridgehead atoms. The number of nitrogens with one attached hydrogen (secondary N) is 1. The molecule has 0 aromatic carbocycles. The first-order valence-corrected chi connectivity index (χ1v) is 8.45. The Kier molecular flexibility index (Phi) is 5.83. The monoisotopic (exact) mass is 291 g/mol. The summed E-state index contributed by atoms with van der Waals surface area (Å²) in [6.07, 6.45) is 7.34. The SMILES string of the molecule is CCNc1nc(CC)nc(OC2CCCC(CC)C2)c1C. The van der Waals surface area contributed by atoms with Crippen molar-refractivity contribution >= 4 is 5.82 Å². The number of nitrogens with zero attached hydrogens (tertiary/aromatic N) is 2. The molecule has 1 heterocycles. The Bertz CT molecular complexity index is 462. The molecule has 4 heteroatoms. The van der Waals surface area contributed by atoms with Gasteiger partial charge in [-0.1, -0.05) is 26.7 Å². The van der Waals surface area contributed by atoms with Gasteiger partial charge in [-0.15, -0.1) is 0 Å². The maximum atomic E-state index is 6.26. The van der Waals surface area contributed by atoms with Crippen molar-refractivity contribution in [2.24, 2.45) is 5.92 Å². The van der Waals surface area contributed by atoms with Crippen molar-refractivity contribution in [3.8, 4) is 5.88 Å². The van der Waals surface area contributed by atoms with Crippen LogP contribution < -0.4 is 10.1 Å². The number of rotatable bonds is 6. The number of hydrogen-bond acceptors (Lipinski definition) is 4. The summed E-state index contributed by atoms with van der Waals surface area (Å²) in [7, 11) is 0. The average Bonchev–Trinajstić information content (AvgIpc) is 2.51. The van der Waals surface area contributed by atoms with Crippen LogP contribution in [-0.2, 0) is 6.42 Å². The molecule has 0 saturated heterocycles. The van der Waals surface area contributed by atoms with Gasteiger partial charge in [-0.2, -0.15) is 4.98 Å². The van der Waals surface area contributed by atoms with E-state index in [1.54, 1.807) is 0 Å². The number of aryl methyl sites for hydroxylation is 1. The van der Waals surface area contributed by atoms with Crippen molar-refractivity contribution in [2.75, 3.05) is 11.9 Å². The molecule has 2 unspecified atom stereocenters. The second kappa shape index (κ2) is 7.62. The highest BCUT2D eigenvalue weighted by Gasteiger charge is 2.23. The summed E-state index contributed by atoms with van der Waals surface area (Å²) in [6.45, 7) is 9.36. The van der Waals surface area contributed by atoms with E-state index in [9.17, 15) is 0 Å². The van der Waals surface area contributed by atoms with E-state index in [0.29, 0.717) is 6.10 Å². The van der Waals surface area contributed by atoms with E-state index in [1.165, 1.54) is 19.3 Å². The lowest BCUT2D eigenvalue weighted by Gasteiger charge is -2.29. The van der Waals surface area contributed by atoms with Gasteiger partial charge in [-0.25, -0.2) is 4.98 Å². The first-order valence-electron chi connectivity index (χ1n) is 8.45. The Hall–Kier alpha value is -1.32. The molecule has 1 fully saturated rings. The first kappa shape index (κ1) is 16.1. The molecular weight excluding hydrogens is 262 g/mol. The van der Waals surface area contributed by atoms with Gasteiger partial charge >= 0.3 is 0 Å². The molecule has 2 rings (SSSR count). The summed E-state index contributed by atoms with van der Waals surface area (Å²) in [5.41, 5.74) is 1.03. The average molecular weight is 291 g/mol. The zero-order valence-corrected chi connectivity index (χ0v) is 13.9. The molecular formula is C17H29N3O. The summed E-state index contributed by atoms with van der Waals surface area (Å²) in [5, 5.41) is 3.32. The molecule has 4 nitrogen and oxygen atoms in total. The van der Waals surface area contributed by atoms with Crippen LogP contribution in [0.4, 0.5) is 5.82 Å². The lowest BCUT2D eigenvalue weighted by atomic mass is 9.85. The van der Waals surface area contributed by atoms with Gasteiger partial charge in [0, 0.05) is 13.0 Å². The quantitative estimate of drug-likeness (QED) is 0.856. The minimum Gasteiger partial charge on any atom is -0.474 e. The van der Waals surface area contributed by atoms with Crippen LogP contribution in [-0.4, -0.2) is 22.6 Å². The number of aromatic nitrogens is 2. The van der Waals surface area contributed by atoms with Crippen LogP contribution in [0.5, 0.6) is 5.88 Å². The van der Waals surface area contributed by atoms with Gasteiger partial charge in [-0.3, -0.25) is 0 Å². The summed E-state index contributed by atoms with van der Waals surface area (Å²) in [6, 6.07) is 0. The molecule has 0 spiro atoms. The maximum Gasteiger partial charge on any atom is 0.222 e. The fraction of sp³-hybridized carbons (Fsp3) is 0.765. The lowest BCUT2D eigenvalue weighted by Crippen LogP contribution is -2.26. The van der Waals surface area contributed by atoms with Crippen LogP contribution in [0.2, 0.25) is 0 Å². The van der Waals surface area contributed by atoms with Crippen LogP contribution in [0.1, 0.15) is 64.3 Å². The first-order chi connectivity index (χ1) is 10.2. The molecule has 21 heavy (non-hydrogen) atoms. The molecule has 1 aromatic heterocycles. The molecule has 2 atom stereocenters. The van der Waals surface area contributed by atoms with E-state index in [1.807, 2.05) is 6.92 Å². The van der Waals surface area contributed by atoms with Gasteiger partial charge < -0.3 is 10.1 Å². The summed E-state index contributed by atoms with van der Waals surface area (Å²) < 4.78 is 6.26. The summed E-state index contributed by atoms with van der Waals surface area (Å²) in [4.78, 5) is 9.17. The third kappa shape index (κ3) is 4.08. The summed E-state index contributed by atoms with van der Waals surface area (Å²) >= 11 is 0. The van der Waals surface area contributed by atoms with Gasteiger partial charge in [0.2, 0.25) is 5.88 Å². The molecule has 1 aliphatic carbocycles. The number of ether oxygens (including phenoxy) is 1. The highest BCUT2D eigenvalue weighted by Crippen LogP contribution is 2.31. The smallest absolute Gasteiger partial charge is 0.222 e. The molecule has 0 amide bonds. The normalized spacial score (nSPS) is 22.1. The number of hydrogen-bond donors (Lipinski definition) is 1. The van der Waals surface area contributed by atoms with Crippen molar-refractivity contribution in [1.82, 2.24) is 9.97 Å². The fourth-order valence-electron chi connectivity index (χ4n) is 3.03. The van der Waals surface area contributed by atoms with E-state index in [0.717, 1.165) is 54.8 Å². The second-order valence-corrected chi connectivity index (χ2v) is 5.98. The minimum absolute atomic E-state index is 0.316. The van der Waals surface area contributed by atoms with Crippen molar-refractivity contribution in [1.29, 1.82) is 0 Å². The topological polar surface area (TPSA) is 47.0 Å². The Morgan fingerprint density at radius 1 is 1.19 bits per heavy atom. The van der Waals surface area contributed by atoms with E-state index < -0.39 is 0 Å². The van der Waals surface area contributed by atoms with Crippen LogP contribution in [0.15, 0.2) is 0 Å². The van der Waals surface area contributed by atoms with Crippen molar-refractivity contribution in [3.05, 3.63) is 11.4 Å². The van der Waals surface area contributed by atoms with Crippen molar-refractivity contribution in [2.45, 2.75) is 72.3 Å². The zero-order valence-electron chi connectivity index (χ0n) is 13.9. The largest absolute Gasteiger partial charge is 0.474 e.